The minimum Gasteiger partial charge on any atom is -0.279 e. The Morgan fingerprint density at radius 1 is 1.11 bits per heavy atom. The monoisotopic (exact) mass is 239 g/mol. The van der Waals surface area contributed by atoms with Crippen molar-refractivity contribution in [3.63, 3.8) is 0 Å². The number of nitriles is 1. The molecule has 2 aromatic rings. The van der Waals surface area contributed by atoms with Gasteiger partial charge < -0.3 is 0 Å². The summed E-state index contributed by atoms with van der Waals surface area (Å²) in [6.07, 6.45) is 1.31. The van der Waals surface area contributed by atoms with Crippen LogP contribution in [0, 0.1) is 17.1 Å². The summed E-state index contributed by atoms with van der Waals surface area (Å²) in [5.74, 6) is -0.465. The van der Waals surface area contributed by atoms with E-state index in [1.54, 1.807) is 6.07 Å². The van der Waals surface area contributed by atoms with Crippen molar-refractivity contribution in [1.82, 2.24) is 0 Å². The summed E-state index contributed by atoms with van der Waals surface area (Å²) in [7, 11) is 0. The fourth-order valence-corrected chi connectivity index (χ4v) is 1.45. The Bertz CT molecular complexity index is 600. The Kier molecular flexibility index (Phi) is 3.67. The molecule has 0 saturated carbocycles. The highest BCUT2D eigenvalue weighted by molar-refractivity contribution is 5.84. The average molecular weight is 239 g/mol. The molecule has 18 heavy (non-hydrogen) atoms. The van der Waals surface area contributed by atoms with E-state index in [0.717, 1.165) is 5.69 Å². The van der Waals surface area contributed by atoms with Crippen LogP contribution in [-0.2, 0) is 0 Å². The Labute approximate surface area is 104 Å². The van der Waals surface area contributed by atoms with Gasteiger partial charge in [0.1, 0.15) is 5.82 Å². The number of hydrogen-bond acceptors (Lipinski definition) is 3. The van der Waals surface area contributed by atoms with Crippen LogP contribution in [0.3, 0.4) is 0 Å². The average Bonchev–Trinajstić information content (AvgIpc) is 2.41. The number of anilines is 1. The minimum absolute atomic E-state index is 0.184. The van der Waals surface area contributed by atoms with Gasteiger partial charge in [-0.3, -0.25) is 5.43 Å². The molecule has 0 atom stereocenters. The molecule has 0 bridgehead atoms. The number of halogens is 1. The highest BCUT2D eigenvalue weighted by Crippen LogP contribution is 2.10. The second kappa shape index (κ2) is 5.60. The van der Waals surface area contributed by atoms with E-state index in [-0.39, 0.29) is 11.1 Å². The maximum atomic E-state index is 13.5. The zero-order valence-electron chi connectivity index (χ0n) is 9.47. The topological polar surface area (TPSA) is 48.2 Å². The molecule has 0 aliphatic heterocycles. The van der Waals surface area contributed by atoms with E-state index in [0.29, 0.717) is 0 Å². The van der Waals surface area contributed by atoms with Gasteiger partial charge >= 0.3 is 0 Å². The summed E-state index contributed by atoms with van der Waals surface area (Å²) < 4.78 is 13.5. The van der Waals surface area contributed by atoms with Crippen LogP contribution in [-0.4, -0.2) is 6.21 Å². The molecular formula is C14H10FN3. The largest absolute Gasteiger partial charge is 0.279 e. The third-order valence-electron chi connectivity index (χ3n) is 2.33. The molecule has 2 aromatic carbocycles. The lowest BCUT2D eigenvalue weighted by atomic mass is 10.1. The summed E-state index contributed by atoms with van der Waals surface area (Å²) in [5, 5.41) is 12.8. The van der Waals surface area contributed by atoms with Crippen molar-refractivity contribution < 1.29 is 4.39 Å². The van der Waals surface area contributed by atoms with Crippen LogP contribution < -0.4 is 5.43 Å². The van der Waals surface area contributed by atoms with E-state index in [4.69, 9.17) is 5.26 Å². The predicted octanol–water partition coefficient (Wildman–Crippen LogP) is 3.14. The molecule has 0 unspecified atom stereocenters. The zero-order chi connectivity index (χ0) is 12.8. The van der Waals surface area contributed by atoms with Crippen molar-refractivity contribution >= 4 is 11.9 Å². The highest BCUT2D eigenvalue weighted by Gasteiger charge is 2.04. The van der Waals surface area contributed by atoms with Gasteiger partial charge in [-0.15, -0.1) is 0 Å². The molecule has 0 spiro atoms. The van der Waals surface area contributed by atoms with Gasteiger partial charge in [0, 0.05) is 5.56 Å². The SMILES string of the molecule is N#Cc1cccc(F)c1C=NNc1ccccc1. The molecule has 0 aliphatic carbocycles. The maximum absolute atomic E-state index is 13.5. The van der Waals surface area contributed by atoms with E-state index >= 15 is 0 Å². The fraction of sp³-hybridized carbons (Fsp3) is 0. The van der Waals surface area contributed by atoms with Gasteiger partial charge in [0.05, 0.1) is 23.5 Å². The summed E-state index contributed by atoms with van der Waals surface area (Å²) in [6, 6.07) is 15.6. The molecule has 0 amide bonds. The minimum atomic E-state index is -0.465. The Morgan fingerprint density at radius 3 is 2.61 bits per heavy atom. The molecule has 1 N–H and O–H groups in total. The quantitative estimate of drug-likeness (QED) is 0.660. The number of benzene rings is 2. The zero-order valence-corrected chi connectivity index (χ0v) is 9.47. The van der Waals surface area contributed by atoms with Crippen LogP contribution in [0.25, 0.3) is 0 Å². The van der Waals surface area contributed by atoms with Crippen molar-refractivity contribution in [2.75, 3.05) is 5.43 Å². The second-order valence-electron chi connectivity index (χ2n) is 3.55. The summed E-state index contributed by atoms with van der Waals surface area (Å²) >= 11 is 0. The molecule has 88 valence electrons. The first-order valence-corrected chi connectivity index (χ1v) is 5.34. The van der Waals surface area contributed by atoms with Gasteiger partial charge in [0.15, 0.2) is 0 Å². The van der Waals surface area contributed by atoms with Crippen LogP contribution in [0.15, 0.2) is 53.6 Å². The van der Waals surface area contributed by atoms with Gasteiger partial charge in [0.2, 0.25) is 0 Å². The van der Waals surface area contributed by atoms with Gasteiger partial charge in [-0.1, -0.05) is 24.3 Å². The van der Waals surface area contributed by atoms with Crippen molar-refractivity contribution in [2.45, 2.75) is 0 Å². The maximum Gasteiger partial charge on any atom is 0.133 e. The first-order valence-electron chi connectivity index (χ1n) is 5.34. The van der Waals surface area contributed by atoms with E-state index in [9.17, 15) is 4.39 Å². The van der Waals surface area contributed by atoms with Gasteiger partial charge in [0.25, 0.3) is 0 Å². The molecule has 0 radical (unpaired) electrons. The Morgan fingerprint density at radius 2 is 1.89 bits per heavy atom. The normalized spacial score (nSPS) is 10.2. The molecule has 0 fully saturated rings. The third kappa shape index (κ3) is 2.71. The lowest BCUT2D eigenvalue weighted by Crippen LogP contribution is -1.96. The summed E-state index contributed by atoms with van der Waals surface area (Å²) in [4.78, 5) is 0. The smallest absolute Gasteiger partial charge is 0.133 e. The lowest BCUT2D eigenvalue weighted by molar-refractivity contribution is 0.625. The number of hydrogen-bond donors (Lipinski definition) is 1. The lowest BCUT2D eigenvalue weighted by Gasteiger charge is -2.00. The molecule has 0 heterocycles. The highest BCUT2D eigenvalue weighted by atomic mass is 19.1. The summed E-state index contributed by atoms with van der Waals surface area (Å²) in [5.41, 5.74) is 4.00. The number of rotatable bonds is 3. The van der Waals surface area contributed by atoms with Crippen LogP contribution in [0.1, 0.15) is 11.1 Å². The predicted molar refractivity (Wildman–Crippen MR) is 68.8 cm³/mol. The fourth-order valence-electron chi connectivity index (χ4n) is 1.45. The number of hydrazone groups is 1. The number of nitrogens with one attached hydrogen (secondary N) is 1. The van der Waals surface area contributed by atoms with Crippen molar-refractivity contribution in [1.29, 1.82) is 5.26 Å². The molecular weight excluding hydrogens is 229 g/mol. The number of nitrogens with zero attached hydrogens (tertiary/aromatic N) is 2. The number of para-hydroxylation sites is 1. The molecule has 2 rings (SSSR count). The first kappa shape index (κ1) is 11.8. The molecule has 4 heteroatoms. The second-order valence-corrected chi connectivity index (χ2v) is 3.55. The molecule has 0 aliphatic rings. The Balaban J connectivity index is 2.18. The summed E-state index contributed by atoms with van der Waals surface area (Å²) in [6.45, 7) is 0. The van der Waals surface area contributed by atoms with Gasteiger partial charge in [-0.2, -0.15) is 10.4 Å². The van der Waals surface area contributed by atoms with Crippen LogP contribution in [0.5, 0.6) is 0 Å². The Hall–Kier alpha value is -2.67. The van der Waals surface area contributed by atoms with Gasteiger partial charge in [-0.05, 0) is 24.3 Å². The molecule has 0 saturated heterocycles. The van der Waals surface area contributed by atoms with E-state index in [2.05, 4.69) is 10.5 Å². The van der Waals surface area contributed by atoms with E-state index < -0.39 is 5.82 Å². The van der Waals surface area contributed by atoms with Crippen LogP contribution >= 0.6 is 0 Å². The molecule has 3 nitrogen and oxygen atoms in total. The van der Waals surface area contributed by atoms with Crippen molar-refractivity contribution in [3.05, 3.63) is 65.5 Å². The van der Waals surface area contributed by atoms with Crippen LogP contribution in [0.4, 0.5) is 10.1 Å². The van der Waals surface area contributed by atoms with E-state index in [1.807, 2.05) is 36.4 Å². The molecule has 0 aromatic heterocycles. The van der Waals surface area contributed by atoms with Gasteiger partial charge in [-0.25, -0.2) is 4.39 Å². The first-order chi connectivity index (χ1) is 8.81. The standard InChI is InChI=1S/C14H10FN3/c15-14-8-4-5-11(9-16)13(14)10-17-18-12-6-2-1-3-7-12/h1-8,10,18H. The third-order valence-corrected chi connectivity index (χ3v) is 2.33. The van der Waals surface area contributed by atoms with Crippen molar-refractivity contribution in [3.8, 4) is 6.07 Å². The van der Waals surface area contributed by atoms with Crippen molar-refractivity contribution in [2.24, 2.45) is 5.10 Å². The van der Waals surface area contributed by atoms with E-state index in [1.165, 1.54) is 18.3 Å². The van der Waals surface area contributed by atoms with Crippen LogP contribution in [0.2, 0.25) is 0 Å².